The zero-order valence-electron chi connectivity index (χ0n) is 17.1. The first-order chi connectivity index (χ1) is 16.1. The Labute approximate surface area is 189 Å². The molecule has 156 valence electrons. The first-order valence-corrected chi connectivity index (χ1v) is 9.72. The molecule has 0 aliphatic heterocycles. The summed E-state index contributed by atoms with van der Waals surface area (Å²) in [7, 11) is 0. The van der Waals surface area contributed by atoms with E-state index in [4.69, 9.17) is 21.0 Å². The summed E-state index contributed by atoms with van der Waals surface area (Å²) >= 11 is 0. The zero-order valence-corrected chi connectivity index (χ0v) is 17.1. The van der Waals surface area contributed by atoms with E-state index in [1.807, 2.05) is 0 Å². The summed E-state index contributed by atoms with van der Waals surface area (Å²) in [6.45, 7) is 0. The van der Waals surface area contributed by atoms with Crippen molar-refractivity contribution in [2.24, 2.45) is 0 Å². The second-order valence-corrected chi connectivity index (χ2v) is 6.88. The molecule has 0 radical (unpaired) electrons. The third kappa shape index (κ3) is 4.86. The molecule has 0 fully saturated rings. The number of anilines is 3. The van der Waals surface area contributed by atoms with Crippen LogP contribution in [0.3, 0.4) is 0 Å². The number of hydrogen-bond acceptors (Lipinski definition) is 8. The molecule has 33 heavy (non-hydrogen) atoms. The van der Waals surface area contributed by atoms with E-state index in [-0.39, 0.29) is 17.6 Å². The molecule has 0 aliphatic rings. The van der Waals surface area contributed by atoms with Gasteiger partial charge in [0.1, 0.15) is 11.6 Å². The second kappa shape index (κ2) is 9.18. The second-order valence-electron chi connectivity index (χ2n) is 6.88. The maximum Gasteiger partial charge on any atom is 0.232 e. The van der Waals surface area contributed by atoms with Gasteiger partial charge in [0.15, 0.2) is 0 Å². The highest BCUT2D eigenvalue weighted by atomic mass is 16.5. The van der Waals surface area contributed by atoms with Crippen LogP contribution in [0.2, 0.25) is 0 Å². The number of benzene rings is 3. The SMILES string of the molecule is N#Cc1ccc(Nc2nc(N)cc(Oc3ccc(-c4ccc(C#N)cc4)c(C#N)c3)n2)cc1. The number of nitrogens with two attached hydrogens (primary N) is 1. The normalized spacial score (nSPS) is 9.85. The third-order valence-electron chi connectivity index (χ3n) is 4.65. The van der Waals surface area contributed by atoms with Gasteiger partial charge in [-0.25, -0.2) is 0 Å². The van der Waals surface area contributed by atoms with Gasteiger partial charge in [0.25, 0.3) is 0 Å². The Morgan fingerprint density at radius 1 is 0.758 bits per heavy atom. The van der Waals surface area contributed by atoms with E-state index < -0.39 is 0 Å². The van der Waals surface area contributed by atoms with Crippen molar-refractivity contribution in [1.82, 2.24) is 9.97 Å². The molecule has 0 aliphatic carbocycles. The average molecular weight is 429 g/mol. The highest BCUT2D eigenvalue weighted by Crippen LogP contribution is 2.30. The van der Waals surface area contributed by atoms with Crippen LogP contribution in [0.5, 0.6) is 11.6 Å². The van der Waals surface area contributed by atoms with Gasteiger partial charge in [-0.15, -0.1) is 0 Å². The van der Waals surface area contributed by atoms with Gasteiger partial charge in [0, 0.05) is 11.8 Å². The molecule has 4 rings (SSSR count). The lowest BCUT2D eigenvalue weighted by atomic mass is 9.99. The van der Waals surface area contributed by atoms with Crippen LogP contribution in [0.25, 0.3) is 11.1 Å². The van der Waals surface area contributed by atoms with Crippen LogP contribution in [-0.2, 0) is 0 Å². The molecule has 1 aromatic heterocycles. The molecular formula is C25H15N7O. The van der Waals surface area contributed by atoms with Gasteiger partial charge in [-0.05, 0) is 65.7 Å². The standard InChI is InChI=1S/C25H15N7O/c26-13-16-1-5-18(6-2-16)22-10-9-21(11-19(22)15-28)33-24-12-23(29)31-25(32-24)30-20-7-3-17(14-27)4-8-20/h1-12H,(H3,29,30,31,32). The van der Waals surface area contributed by atoms with Crippen LogP contribution in [0, 0.1) is 34.0 Å². The van der Waals surface area contributed by atoms with Crippen molar-refractivity contribution in [1.29, 1.82) is 15.8 Å². The Hall–Kier alpha value is -5.39. The monoisotopic (exact) mass is 429 g/mol. The van der Waals surface area contributed by atoms with Crippen LogP contribution >= 0.6 is 0 Å². The van der Waals surface area contributed by atoms with E-state index in [9.17, 15) is 5.26 Å². The van der Waals surface area contributed by atoms with E-state index in [1.54, 1.807) is 66.7 Å². The summed E-state index contributed by atoms with van der Waals surface area (Å²) in [6.07, 6.45) is 0. The molecule has 8 heteroatoms. The highest BCUT2D eigenvalue weighted by Gasteiger charge is 2.10. The Kier molecular flexibility index (Phi) is 5.80. The molecule has 0 saturated carbocycles. The predicted molar refractivity (Wildman–Crippen MR) is 122 cm³/mol. The van der Waals surface area contributed by atoms with E-state index in [0.29, 0.717) is 28.1 Å². The van der Waals surface area contributed by atoms with Gasteiger partial charge in [0.05, 0.1) is 34.9 Å². The van der Waals surface area contributed by atoms with Gasteiger partial charge >= 0.3 is 0 Å². The number of nitriles is 3. The molecule has 0 bridgehead atoms. The van der Waals surface area contributed by atoms with Crippen LogP contribution < -0.4 is 15.8 Å². The van der Waals surface area contributed by atoms with Gasteiger partial charge in [0.2, 0.25) is 11.8 Å². The molecule has 0 amide bonds. The van der Waals surface area contributed by atoms with Crippen molar-refractivity contribution in [3.05, 3.63) is 89.5 Å². The maximum atomic E-state index is 9.63. The number of rotatable bonds is 5. The quantitative estimate of drug-likeness (QED) is 0.457. The first kappa shape index (κ1) is 20.9. The van der Waals surface area contributed by atoms with Crippen molar-refractivity contribution in [2.75, 3.05) is 11.1 Å². The minimum atomic E-state index is 0.200. The van der Waals surface area contributed by atoms with Crippen LogP contribution in [0.15, 0.2) is 72.8 Å². The van der Waals surface area contributed by atoms with Crippen LogP contribution in [-0.4, -0.2) is 9.97 Å². The molecule has 3 aromatic carbocycles. The topological polar surface area (TPSA) is 144 Å². The molecule has 4 aromatic rings. The minimum Gasteiger partial charge on any atom is -0.439 e. The van der Waals surface area contributed by atoms with E-state index in [2.05, 4.69) is 33.5 Å². The minimum absolute atomic E-state index is 0.200. The van der Waals surface area contributed by atoms with Crippen molar-refractivity contribution in [3.63, 3.8) is 0 Å². The summed E-state index contributed by atoms with van der Waals surface area (Å²) in [5, 5.41) is 30.5. The third-order valence-corrected chi connectivity index (χ3v) is 4.65. The van der Waals surface area contributed by atoms with Gasteiger partial charge in [-0.1, -0.05) is 12.1 Å². The largest absolute Gasteiger partial charge is 0.439 e. The summed E-state index contributed by atoms with van der Waals surface area (Å²) in [5.74, 6) is 1.04. The van der Waals surface area contributed by atoms with Gasteiger partial charge in [-0.3, -0.25) is 0 Å². The predicted octanol–water partition coefficient (Wildman–Crippen LogP) is 4.88. The number of nitrogens with one attached hydrogen (secondary N) is 1. The van der Waals surface area contributed by atoms with E-state index in [1.165, 1.54) is 6.07 Å². The Bertz CT molecular complexity index is 1440. The summed E-state index contributed by atoms with van der Waals surface area (Å²) in [5.41, 5.74) is 9.62. The van der Waals surface area contributed by atoms with E-state index in [0.717, 1.165) is 11.1 Å². The Morgan fingerprint density at radius 3 is 2.06 bits per heavy atom. The van der Waals surface area contributed by atoms with Crippen LogP contribution in [0.4, 0.5) is 17.5 Å². The fraction of sp³-hybridized carbons (Fsp3) is 0. The molecule has 0 unspecified atom stereocenters. The number of aromatic nitrogens is 2. The summed E-state index contributed by atoms with van der Waals surface area (Å²) in [4.78, 5) is 8.47. The zero-order chi connectivity index (χ0) is 23.2. The van der Waals surface area contributed by atoms with Gasteiger partial charge < -0.3 is 15.8 Å². The van der Waals surface area contributed by atoms with Crippen LogP contribution in [0.1, 0.15) is 16.7 Å². The number of ether oxygens (including phenoxy) is 1. The molecule has 0 atom stereocenters. The first-order valence-electron chi connectivity index (χ1n) is 9.72. The molecule has 8 nitrogen and oxygen atoms in total. The number of hydrogen-bond donors (Lipinski definition) is 2. The van der Waals surface area contributed by atoms with Gasteiger partial charge in [-0.2, -0.15) is 25.8 Å². The maximum absolute atomic E-state index is 9.63. The summed E-state index contributed by atoms with van der Waals surface area (Å²) in [6, 6.07) is 26.7. The highest BCUT2D eigenvalue weighted by molar-refractivity contribution is 5.72. The smallest absolute Gasteiger partial charge is 0.232 e. The lowest BCUT2D eigenvalue weighted by Crippen LogP contribution is -2.02. The lowest BCUT2D eigenvalue weighted by Gasteiger charge is -2.11. The van der Waals surface area contributed by atoms with Crippen molar-refractivity contribution >= 4 is 17.5 Å². The fourth-order valence-electron chi connectivity index (χ4n) is 3.08. The fourth-order valence-corrected chi connectivity index (χ4v) is 3.08. The molecule has 0 spiro atoms. The molecule has 1 heterocycles. The van der Waals surface area contributed by atoms with E-state index >= 15 is 0 Å². The number of nitrogen functional groups attached to an aromatic ring is 1. The molecular weight excluding hydrogens is 414 g/mol. The Balaban J connectivity index is 1.57. The average Bonchev–Trinajstić information content (AvgIpc) is 2.84. The molecule has 0 saturated heterocycles. The summed E-state index contributed by atoms with van der Waals surface area (Å²) < 4.78 is 5.84. The van der Waals surface area contributed by atoms with Crippen molar-refractivity contribution < 1.29 is 4.74 Å². The van der Waals surface area contributed by atoms with Crippen molar-refractivity contribution in [3.8, 4) is 41.0 Å². The van der Waals surface area contributed by atoms with Crippen molar-refractivity contribution in [2.45, 2.75) is 0 Å². The lowest BCUT2D eigenvalue weighted by molar-refractivity contribution is 0.463. The Morgan fingerprint density at radius 2 is 1.42 bits per heavy atom. The molecule has 3 N–H and O–H groups in total. The number of nitrogens with zero attached hydrogens (tertiary/aromatic N) is 5.